The van der Waals surface area contributed by atoms with Crippen LogP contribution in [0.1, 0.15) is 10.6 Å². The summed E-state index contributed by atoms with van der Waals surface area (Å²) in [6.07, 6.45) is 5.92. The Kier molecular flexibility index (Phi) is 3.37. The Labute approximate surface area is 136 Å². The molecule has 2 nitrogen and oxygen atoms in total. The van der Waals surface area contributed by atoms with E-state index in [0.717, 1.165) is 36.7 Å². The van der Waals surface area contributed by atoms with E-state index in [9.17, 15) is 0 Å². The van der Waals surface area contributed by atoms with E-state index in [1.54, 1.807) is 11.3 Å². The number of nitrogens with zero attached hydrogens (tertiary/aromatic N) is 2. The molecule has 0 saturated carbocycles. The number of fused-ring (bicyclic) bond motifs is 2. The molecule has 0 atom stereocenters. The maximum Gasteiger partial charge on any atom is 0.117 e. The molecule has 106 valence electrons. The number of halogens is 1. The Hall–Kier alpha value is -2.23. The zero-order chi connectivity index (χ0) is 14.9. The first-order valence-corrected chi connectivity index (χ1v) is 8.06. The highest BCUT2D eigenvalue weighted by Crippen LogP contribution is 2.26. The highest BCUT2D eigenvalue weighted by molar-refractivity contribution is 7.19. The summed E-state index contributed by atoms with van der Waals surface area (Å²) in [5, 5.41) is 2.83. The summed E-state index contributed by atoms with van der Waals surface area (Å²) >= 11 is 7.66. The number of benzene rings is 2. The van der Waals surface area contributed by atoms with Gasteiger partial charge in [0.2, 0.25) is 0 Å². The maximum atomic E-state index is 6.00. The fourth-order valence-corrected chi connectivity index (χ4v) is 3.37. The lowest BCUT2D eigenvalue weighted by Gasteiger charge is -1.97. The van der Waals surface area contributed by atoms with E-state index in [0.29, 0.717) is 0 Å². The molecule has 0 unspecified atom stereocenters. The van der Waals surface area contributed by atoms with Crippen molar-refractivity contribution in [2.75, 3.05) is 0 Å². The van der Waals surface area contributed by atoms with Gasteiger partial charge in [-0.25, -0.2) is 4.98 Å². The lowest BCUT2D eigenvalue weighted by atomic mass is 10.1. The first-order chi connectivity index (χ1) is 10.8. The van der Waals surface area contributed by atoms with Crippen LogP contribution in [0, 0.1) is 0 Å². The average molecular weight is 323 g/mol. The van der Waals surface area contributed by atoms with Crippen LogP contribution in [0.25, 0.3) is 33.3 Å². The molecule has 0 aliphatic carbocycles. The summed E-state index contributed by atoms with van der Waals surface area (Å²) < 4.78 is 1.15. The van der Waals surface area contributed by atoms with E-state index < -0.39 is 0 Å². The summed E-state index contributed by atoms with van der Waals surface area (Å²) in [5.74, 6) is 0. The number of pyridine rings is 1. The van der Waals surface area contributed by atoms with Crippen LogP contribution in [0.3, 0.4) is 0 Å². The molecule has 0 bridgehead atoms. The fourth-order valence-electron chi connectivity index (χ4n) is 2.35. The van der Waals surface area contributed by atoms with Gasteiger partial charge in [-0.2, -0.15) is 0 Å². The van der Waals surface area contributed by atoms with Crippen molar-refractivity contribution in [3.8, 4) is 0 Å². The largest absolute Gasteiger partial charge is 0.256 e. The lowest BCUT2D eigenvalue weighted by Crippen LogP contribution is -1.78. The van der Waals surface area contributed by atoms with Gasteiger partial charge in [-0.1, -0.05) is 29.8 Å². The van der Waals surface area contributed by atoms with Crippen LogP contribution in [0.15, 0.2) is 54.7 Å². The van der Waals surface area contributed by atoms with Gasteiger partial charge < -0.3 is 0 Å². The van der Waals surface area contributed by atoms with Crippen molar-refractivity contribution in [1.82, 2.24) is 9.97 Å². The molecular formula is C18H11ClN2S. The number of hydrogen-bond donors (Lipinski definition) is 0. The van der Waals surface area contributed by atoms with Gasteiger partial charge in [-0.3, -0.25) is 4.98 Å². The van der Waals surface area contributed by atoms with E-state index in [-0.39, 0.29) is 0 Å². The van der Waals surface area contributed by atoms with Crippen LogP contribution in [0.5, 0.6) is 0 Å². The van der Waals surface area contributed by atoms with E-state index in [1.165, 1.54) is 0 Å². The quantitative estimate of drug-likeness (QED) is 0.475. The summed E-state index contributed by atoms with van der Waals surface area (Å²) in [7, 11) is 0. The van der Waals surface area contributed by atoms with Crippen LogP contribution < -0.4 is 0 Å². The molecule has 0 aliphatic heterocycles. The fraction of sp³-hybridized carbons (Fsp3) is 0. The van der Waals surface area contributed by atoms with Crippen molar-refractivity contribution in [3.63, 3.8) is 0 Å². The van der Waals surface area contributed by atoms with Gasteiger partial charge in [-0.15, -0.1) is 11.3 Å². The highest BCUT2D eigenvalue weighted by atomic mass is 35.5. The van der Waals surface area contributed by atoms with Crippen molar-refractivity contribution in [3.05, 3.63) is 70.3 Å². The Balaban J connectivity index is 1.68. The zero-order valence-corrected chi connectivity index (χ0v) is 13.1. The van der Waals surface area contributed by atoms with E-state index in [2.05, 4.69) is 34.2 Å². The first-order valence-electron chi connectivity index (χ1n) is 6.87. The molecule has 0 amide bonds. The molecule has 4 aromatic rings. The van der Waals surface area contributed by atoms with E-state index in [4.69, 9.17) is 11.6 Å². The number of rotatable bonds is 2. The second-order valence-electron chi connectivity index (χ2n) is 4.95. The maximum absolute atomic E-state index is 6.00. The van der Waals surface area contributed by atoms with E-state index >= 15 is 0 Å². The minimum absolute atomic E-state index is 0.718. The first kappa shape index (κ1) is 13.4. The third kappa shape index (κ3) is 2.61. The molecular weight excluding hydrogens is 312 g/mol. The predicted octanol–water partition coefficient (Wildman–Crippen LogP) is 5.67. The van der Waals surface area contributed by atoms with Crippen LogP contribution in [-0.2, 0) is 0 Å². The Morgan fingerprint density at radius 1 is 0.955 bits per heavy atom. The molecule has 0 N–H and O–H groups in total. The predicted molar refractivity (Wildman–Crippen MR) is 95.3 cm³/mol. The number of thiazole rings is 1. The Morgan fingerprint density at radius 2 is 1.91 bits per heavy atom. The second kappa shape index (κ2) is 5.52. The highest BCUT2D eigenvalue weighted by Gasteiger charge is 2.02. The minimum Gasteiger partial charge on any atom is -0.256 e. The molecule has 0 saturated heterocycles. The molecule has 2 heterocycles. The number of hydrogen-bond acceptors (Lipinski definition) is 3. The normalized spacial score (nSPS) is 11.7. The molecule has 2 aromatic carbocycles. The molecule has 0 radical (unpaired) electrons. The smallest absolute Gasteiger partial charge is 0.117 e. The molecule has 4 rings (SSSR count). The summed E-state index contributed by atoms with van der Waals surface area (Å²) in [6.45, 7) is 0. The molecule has 0 spiro atoms. The van der Waals surface area contributed by atoms with Gasteiger partial charge in [0.15, 0.2) is 0 Å². The Bertz CT molecular complexity index is 1000. The van der Waals surface area contributed by atoms with Gasteiger partial charge in [0, 0.05) is 16.6 Å². The topological polar surface area (TPSA) is 25.8 Å². The van der Waals surface area contributed by atoms with Gasteiger partial charge in [0.05, 0.1) is 15.7 Å². The average Bonchev–Trinajstić information content (AvgIpc) is 2.94. The second-order valence-corrected chi connectivity index (χ2v) is 6.45. The SMILES string of the molecule is Clc1ccc2sc(/C=C/c3ccc4ncccc4c3)nc2c1. The summed E-state index contributed by atoms with van der Waals surface area (Å²) in [6, 6.07) is 16.0. The van der Waals surface area contributed by atoms with Gasteiger partial charge in [-0.05, 0) is 48.0 Å². The van der Waals surface area contributed by atoms with Crippen LogP contribution in [-0.4, -0.2) is 9.97 Å². The molecule has 0 aliphatic rings. The van der Waals surface area contributed by atoms with Crippen molar-refractivity contribution < 1.29 is 0 Å². The van der Waals surface area contributed by atoms with Gasteiger partial charge in [0.1, 0.15) is 5.01 Å². The molecule has 4 heteroatoms. The van der Waals surface area contributed by atoms with Crippen LogP contribution in [0.2, 0.25) is 5.02 Å². The molecule has 0 fully saturated rings. The lowest BCUT2D eigenvalue weighted by molar-refractivity contribution is 1.41. The molecule has 22 heavy (non-hydrogen) atoms. The van der Waals surface area contributed by atoms with Crippen molar-refractivity contribution in [2.45, 2.75) is 0 Å². The Morgan fingerprint density at radius 3 is 2.86 bits per heavy atom. The monoisotopic (exact) mass is 322 g/mol. The van der Waals surface area contributed by atoms with Crippen molar-refractivity contribution in [1.29, 1.82) is 0 Å². The van der Waals surface area contributed by atoms with Crippen molar-refractivity contribution >= 4 is 56.2 Å². The summed E-state index contributed by atoms with van der Waals surface area (Å²) in [5.41, 5.74) is 3.09. The van der Waals surface area contributed by atoms with Gasteiger partial charge >= 0.3 is 0 Å². The van der Waals surface area contributed by atoms with Gasteiger partial charge in [0.25, 0.3) is 0 Å². The summed E-state index contributed by atoms with van der Waals surface area (Å²) in [4.78, 5) is 8.92. The van der Waals surface area contributed by atoms with Crippen LogP contribution in [0.4, 0.5) is 0 Å². The number of aromatic nitrogens is 2. The van der Waals surface area contributed by atoms with Crippen LogP contribution >= 0.6 is 22.9 Å². The third-order valence-corrected chi connectivity index (χ3v) is 4.65. The molecule has 2 aromatic heterocycles. The zero-order valence-electron chi connectivity index (χ0n) is 11.5. The van der Waals surface area contributed by atoms with E-state index in [1.807, 2.05) is 42.6 Å². The third-order valence-electron chi connectivity index (χ3n) is 3.41. The van der Waals surface area contributed by atoms with Crippen molar-refractivity contribution in [2.24, 2.45) is 0 Å². The standard InChI is InChI=1S/C18H11ClN2S/c19-14-5-7-17-16(11-14)21-18(22-17)8-4-12-3-6-15-13(10-12)2-1-9-20-15/h1-11H/b8-4+. The minimum atomic E-state index is 0.718.